The van der Waals surface area contributed by atoms with Gasteiger partial charge in [0.1, 0.15) is 6.61 Å². The third kappa shape index (κ3) is 75.8. The van der Waals surface area contributed by atoms with E-state index in [2.05, 4.69) is 86.8 Å². The lowest BCUT2D eigenvalue weighted by Gasteiger charge is -2.15. The van der Waals surface area contributed by atoms with E-state index in [4.69, 9.17) is 9.47 Å². The number of carbonyl (C=O) groups excluding carboxylic acids is 2. The lowest BCUT2D eigenvalue weighted by atomic mass is 10.0. The molecule has 0 saturated heterocycles. The number of esters is 2. The highest BCUT2D eigenvalue weighted by Crippen LogP contribution is 2.20. The summed E-state index contributed by atoms with van der Waals surface area (Å²) in [6.07, 6.45) is 110. The molecule has 0 aliphatic rings. The SMILES string of the molecule is CC/C=C\C/C=C\C/C=C\C/C=C\C/C=C\CCCCCCCCCCCCCCCCCCCCCC(=O)OC(CO)COC(=O)CCCCCCCCCCCCCCCCCCCCCCCCCCCCC/C=C\CCCCCCCCCC. The van der Waals surface area contributed by atoms with E-state index in [1.807, 2.05) is 0 Å². The van der Waals surface area contributed by atoms with Gasteiger partial charge in [-0.3, -0.25) is 9.59 Å². The Labute approximate surface area is 550 Å². The van der Waals surface area contributed by atoms with E-state index in [9.17, 15) is 14.7 Å². The van der Waals surface area contributed by atoms with Gasteiger partial charge in [0.05, 0.1) is 6.61 Å². The number of carbonyl (C=O) groups is 2. The molecular formula is C83H152O5. The summed E-state index contributed by atoms with van der Waals surface area (Å²) in [5.74, 6) is -0.567. The summed E-state index contributed by atoms with van der Waals surface area (Å²) in [6.45, 7) is 4.08. The molecule has 0 aromatic heterocycles. The molecule has 1 unspecified atom stereocenters. The summed E-state index contributed by atoms with van der Waals surface area (Å²) in [7, 11) is 0. The predicted octanol–water partition coefficient (Wildman–Crippen LogP) is 27.8. The van der Waals surface area contributed by atoms with Crippen LogP contribution >= 0.6 is 0 Å². The maximum absolute atomic E-state index is 12.4. The van der Waals surface area contributed by atoms with Gasteiger partial charge in [0.25, 0.3) is 0 Å². The van der Waals surface area contributed by atoms with E-state index in [1.54, 1.807) is 0 Å². The van der Waals surface area contributed by atoms with Gasteiger partial charge in [0, 0.05) is 12.8 Å². The second-order valence-corrected chi connectivity index (χ2v) is 26.8. The molecule has 0 aliphatic carbocycles. The first-order chi connectivity index (χ1) is 43.6. The second-order valence-electron chi connectivity index (χ2n) is 26.8. The van der Waals surface area contributed by atoms with E-state index in [-0.39, 0.29) is 25.2 Å². The molecule has 0 bridgehead atoms. The second kappa shape index (κ2) is 78.6. The molecule has 1 N–H and O–H groups in total. The Balaban J connectivity index is 3.38. The van der Waals surface area contributed by atoms with E-state index < -0.39 is 6.10 Å². The number of allylic oxidation sites excluding steroid dienone is 12. The van der Waals surface area contributed by atoms with Crippen molar-refractivity contribution in [1.82, 2.24) is 0 Å². The molecule has 5 heteroatoms. The number of hydrogen-bond acceptors (Lipinski definition) is 5. The summed E-state index contributed by atoms with van der Waals surface area (Å²) in [5, 5.41) is 9.73. The summed E-state index contributed by atoms with van der Waals surface area (Å²) in [5.41, 5.74) is 0. The zero-order chi connectivity index (χ0) is 63.3. The zero-order valence-electron chi connectivity index (χ0n) is 59.3. The van der Waals surface area contributed by atoms with Crippen LogP contribution < -0.4 is 0 Å². The first-order valence-corrected chi connectivity index (χ1v) is 39.5. The smallest absolute Gasteiger partial charge is 0.306 e. The number of aliphatic hydroxyl groups excluding tert-OH is 1. The van der Waals surface area contributed by atoms with Crippen molar-refractivity contribution in [2.45, 2.75) is 431 Å². The molecule has 0 saturated carbocycles. The molecule has 0 spiro atoms. The average Bonchev–Trinajstić information content (AvgIpc) is 3.54. The minimum Gasteiger partial charge on any atom is -0.462 e. The van der Waals surface area contributed by atoms with Crippen LogP contribution in [0.15, 0.2) is 72.9 Å². The van der Waals surface area contributed by atoms with Crippen molar-refractivity contribution < 1.29 is 24.2 Å². The lowest BCUT2D eigenvalue weighted by molar-refractivity contribution is -0.161. The molecule has 0 aromatic carbocycles. The molecule has 0 radical (unpaired) electrons. The number of ether oxygens (including phenoxy) is 2. The summed E-state index contributed by atoms with van der Waals surface area (Å²) < 4.78 is 10.8. The van der Waals surface area contributed by atoms with Gasteiger partial charge in [0.15, 0.2) is 6.10 Å². The molecule has 0 aliphatic heterocycles. The van der Waals surface area contributed by atoms with Gasteiger partial charge in [-0.15, -0.1) is 0 Å². The molecule has 1 atom stereocenters. The maximum atomic E-state index is 12.4. The van der Waals surface area contributed by atoms with Crippen LogP contribution in [0.1, 0.15) is 425 Å². The van der Waals surface area contributed by atoms with Crippen LogP contribution in [0.25, 0.3) is 0 Å². The van der Waals surface area contributed by atoms with Crippen molar-refractivity contribution in [2.75, 3.05) is 13.2 Å². The van der Waals surface area contributed by atoms with Crippen LogP contribution in [0.3, 0.4) is 0 Å². The van der Waals surface area contributed by atoms with Crippen molar-refractivity contribution in [3.8, 4) is 0 Å². The Morgan fingerprint density at radius 2 is 0.489 bits per heavy atom. The van der Waals surface area contributed by atoms with Crippen LogP contribution in [-0.4, -0.2) is 36.4 Å². The van der Waals surface area contributed by atoms with E-state index in [0.717, 1.165) is 64.2 Å². The third-order valence-corrected chi connectivity index (χ3v) is 18.0. The zero-order valence-corrected chi connectivity index (χ0v) is 59.3. The maximum Gasteiger partial charge on any atom is 0.306 e. The number of rotatable bonds is 74. The molecular weight excluding hydrogens is 1080 g/mol. The van der Waals surface area contributed by atoms with Crippen molar-refractivity contribution in [2.24, 2.45) is 0 Å². The average molecular weight is 1230 g/mol. The lowest BCUT2D eigenvalue weighted by Crippen LogP contribution is -2.28. The van der Waals surface area contributed by atoms with Crippen molar-refractivity contribution >= 4 is 11.9 Å². The van der Waals surface area contributed by atoms with Crippen molar-refractivity contribution in [3.05, 3.63) is 72.9 Å². The van der Waals surface area contributed by atoms with Crippen molar-refractivity contribution in [3.63, 3.8) is 0 Å². The Morgan fingerprint density at radius 3 is 0.750 bits per heavy atom. The van der Waals surface area contributed by atoms with Gasteiger partial charge in [-0.25, -0.2) is 0 Å². The monoisotopic (exact) mass is 1230 g/mol. The minimum atomic E-state index is -0.773. The molecule has 0 aromatic rings. The molecule has 0 fully saturated rings. The van der Waals surface area contributed by atoms with Gasteiger partial charge in [-0.1, -0.05) is 401 Å². The van der Waals surface area contributed by atoms with Gasteiger partial charge < -0.3 is 14.6 Å². The fraction of sp³-hybridized carbons (Fsp3) is 0.831. The fourth-order valence-corrected chi connectivity index (χ4v) is 12.1. The highest BCUT2D eigenvalue weighted by atomic mass is 16.6. The molecule has 514 valence electrons. The number of aliphatic hydroxyl groups is 1. The highest BCUT2D eigenvalue weighted by molar-refractivity contribution is 5.70. The van der Waals surface area contributed by atoms with E-state index >= 15 is 0 Å². The summed E-state index contributed by atoms with van der Waals surface area (Å²) >= 11 is 0. The van der Waals surface area contributed by atoms with Gasteiger partial charge in [0.2, 0.25) is 0 Å². The highest BCUT2D eigenvalue weighted by Gasteiger charge is 2.16. The molecule has 0 heterocycles. The van der Waals surface area contributed by atoms with E-state index in [0.29, 0.717) is 12.8 Å². The Kier molecular flexibility index (Phi) is 76.2. The first-order valence-electron chi connectivity index (χ1n) is 39.5. The van der Waals surface area contributed by atoms with Gasteiger partial charge in [-0.2, -0.15) is 0 Å². The van der Waals surface area contributed by atoms with Crippen LogP contribution in [0, 0.1) is 0 Å². The summed E-state index contributed by atoms with van der Waals surface area (Å²) in [4.78, 5) is 24.7. The molecule has 0 amide bonds. The Morgan fingerprint density at radius 1 is 0.273 bits per heavy atom. The topological polar surface area (TPSA) is 72.8 Å². The largest absolute Gasteiger partial charge is 0.462 e. The van der Waals surface area contributed by atoms with Crippen LogP contribution in [0.4, 0.5) is 0 Å². The third-order valence-electron chi connectivity index (χ3n) is 18.0. The standard InChI is InChI=1S/C83H152O5/c1-3-5-7-9-11-13-15-17-19-21-23-25-27-29-31-33-35-37-39-40-41-42-44-45-47-49-51-53-55-57-59-61-63-65-67-69-71-73-75-77-82(85)87-80-81(79-84)88-83(86)78-76-74-72-70-68-66-64-62-60-58-56-54-52-50-48-46-43-38-36-34-32-30-28-26-24-22-20-18-16-14-12-10-8-6-4-2/h6,8,12,14,18,20-21,23-24,26,30,32,81,84H,3-5,7,9-11,13,15-17,19,22,25,27-29,31,33-80H2,1-2H3/b8-6-,14-12-,20-18-,23-21-,26-24-,32-30-. The molecule has 88 heavy (non-hydrogen) atoms. The summed E-state index contributed by atoms with van der Waals surface area (Å²) in [6, 6.07) is 0. The van der Waals surface area contributed by atoms with Gasteiger partial charge in [-0.05, 0) is 83.5 Å². The van der Waals surface area contributed by atoms with Crippen LogP contribution in [0.5, 0.6) is 0 Å². The van der Waals surface area contributed by atoms with Crippen LogP contribution in [0.2, 0.25) is 0 Å². The predicted molar refractivity (Wildman–Crippen MR) is 390 cm³/mol. The fourth-order valence-electron chi connectivity index (χ4n) is 12.1. The van der Waals surface area contributed by atoms with Crippen LogP contribution in [-0.2, 0) is 19.1 Å². The first kappa shape index (κ1) is 85.3. The number of hydrogen-bond donors (Lipinski definition) is 1. The minimum absolute atomic E-state index is 0.0609. The number of unbranched alkanes of at least 4 members (excludes halogenated alkanes) is 54. The van der Waals surface area contributed by atoms with E-state index in [1.165, 1.54) is 334 Å². The Hall–Kier alpha value is -2.66. The normalized spacial score (nSPS) is 12.5. The Bertz CT molecular complexity index is 1540. The molecule has 0 rings (SSSR count). The quantitative estimate of drug-likeness (QED) is 0.0373. The van der Waals surface area contributed by atoms with Crippen molar-refractivity contribution in [1.29, 1.82) is 0 Å². The molecule has 5 nitrogen and oxygen atoms in total. The van der Waals surface area contributed by atoms with Gasteiger partial charge >= 0.3 is 11.9 Å².